The fourth-order valence-corrected chi connectivity index (χ4v) is 12.2. The molecule has 4 aliphatic heterocycles. The molecule has 9 aromatic rings. The number of nitro groups is 2. The number of carbonyl (C=O) groups is 4. The van der Waals surface area contributed by atoms with Crippen LogP contribution in [0.2, 0.25) is 0 Å². The van der Waals surface area contributed by atoms with Gasteiger partial charge in [-0.15, -0.1) is 0 Å². The predicted octanol–water partition coefficient (Wildman–Crippen LogP) is 13.8. The van der Waals surface area contributed by atoms with Crippen LogP contribution in [0, 0.1) is 55.4 Å². The van der Waals surface area contributed by atoms with E-state index in [4.69, 9.17) is 5.73 Å². The maximum Gasteiger partial charge on any atom is 0.274 e. The van der Waals surface area contributed by atoms with E-state index in [9.17, 15) is 39.4 Å². The van der Waals surface area contributed by atoms with E-state index in [-0.39, 0.29) is 72.7 Å². The van der Waals surface area contributed by atoms with Gasteiger partial charge in [-0.05, 0) is 129 Å². The van der Waals surface area contributed by atoms with E-state index in [1.807, 2.05) is 172 Å². The number of carbonyl (C=O) groups excluding carboxylic acids is 4. The van der Waals surface area contributed by atoms with Gasteiger partial charge in [0, 0.05) is 210 Å². The van der Waals surface area contributed by atoms with Gasteiger partial charge in [-0.1, -0.05) is 143 Å². The van der Waals surface area contributed by atoms with E-state index in [0.29, 0.717) is 42.9 Å². The minimum Gasteiger partial charge on any atom is -0.398 e. The Morgan fingerprint density at radius 2 is 0.725 bits per heavy atom. The predicted molar refractivity (Wildman–Crippen MR) is 409 cm³/mol. The largest absolute Gasteiger partial charge is 0.398 e. The van der Waals surface area contributed by atoms with Crippen LogP contribution in [0.15, 0.2) is 229 Å². The number of nitrogens with zero attached hydrogens (tertiary/aromatic N) is 9. The Morgan fingerprint density at radius 3 is 1.09 bits per heavy atom. The number of nitrogens with one attached hydrogen (secondary N) is 2. The van der Waals surface area contributed by atoms with Crippen LogP contribution in [0.3, 0.4) is 0 Å². The fraction of sp³-hybridized carbons (Fsp3) is 0.263. The van der Waals surface area contributed by atoms with E-state index < -0.39 is 0 Å². The Labute approximate surface area is 621 Å². The van der Waals surface area contributed by atoms with Gasteiger partial charge in [0.1, 0.15) is 0 Å². The normalized spacial score (nSPS) is 14.0. The number of nitrogens with two attached hydrogens (primary N) is 1. The molecular formula is C80H90BrN12O8Pd-. The Balaban J connectivity index is 0.000000184. The molecule has 22 heteroatoms. The summed E-state index contributed by atoms with van der Waals surface area (Å²) in [5.41, 5.74) is 19.4. The summed E-state index contributed by atoms with van der Waals surface area (Å²) in [7, 11) is 0. The minimum atomic E-state index is -0.389. The van der Waals surface area contributed by atoms with Gasteiger partial charge >= 0.3 is 0 Å². The van der Waals surface area contributed by atoms with Crippen LogP contribution in [0.1, 0.15) is 69.2 Å². The summed E-state index contributed by atoms with van der Waals surface area (Å²) in [6.07, 6.45) is 0. The van der Waals surface area contributed by atoms with Crippen molar-refractivity contribution in [2.24, 2.45) is 0 Å². The molecule has 536 valence electrons. The first-order valence-corrected chi connectivity index (χ1v) is 34.4. The second-order valence-corrected chi connectivity index (χ2v) is 25.6. The SMILES string of the molecule is Cc1ccc(Br)cc1[N+](=O)[O-].Cc1ccc(N2CCN(C(=O)c3ccccc3)CC2)cc1N.Cc1ccc(N2CCN(C(=O)c3ccccc3)CC2)cc1NCc1ccccc1.Cc1ccc(N2CCN(C(=O)c3ccccc3)CC2)cc1[N+](=O)[O-].O=C(c1ccccc1)N1CCNCC1.[CH3-].[Pd]. The van der Waals surface area contributed by atoms with Crippen molar-refractivity contribution in [1.29, 1.82) is 0 Å². The van der Waals surface area contributed by atoms with Crippen molar-refractivity contribution in [2.45, 2.75) is 34.2 Å². The average molecular weight is 1530 g/mol. The molecule has 20 nitrogen and oxygen atoms in total. The van der Waals surface area contributed by atoms with E-state index in [1.54, 1.807) is 38.1 Å². The van der Waals surface area contributed by atoms with Gasteiger partial charge in [0.15, 0.2) is 0 Å². The summed E-state index contributed by atoms with van der Waals surface area (Å²) < 4.78 is 0.731. The molecule has 0 radical (unpaired) electrons. The summed E-state index contributed by atoms with van der Waals surface area (Å²) in [6.45, 7) is 20.7. The van der Waals surface area contributed by atoms with E-state index in [1.165, 1.54) is 22.9 Å². The fourth-order valence-electron chi connectivity index (χ4n) is 11.8. The van der Waals surface area contributed by atoms with E-state index in [2.05, 4.69) is 96.7 Å². The van der Waals surface area contributed by atoms with E-state index >= 15 is 0 Å². The molecule has 4 saturated heterocycles. The van der Waals surface area contributed by atoms with Gasteiger partial charge in [0.2, 0.25) is 0 Å². The van der Waals surface area contributed by atoms with Gasteiger partial charge in [0.25, 0.3) is 35.0 Å². The monoisotopic (exact) mass is 1530 g/mol. The van der Waals surface area contributed by atoms with E-state index in [0.717, 1.165) is 135 Å². The number of rotatable bonds is 12. The average Bonchev–Trinajstić information content (AvgIpc) is 0.833. The number of nitro benzene ring substituents is 2. The Kier molecular flexibility index (Phi) is 30.8. The number of hydrogen-bond acceptors (Lipinski definition) is 14. The number of piperazine rings is 4. The molecule has 4 heterocycles. The molecular weight excluding hydrogens is 1440 g/mol. The topological polar surface area (TPSA) is 227 Å². The first kappa shape index (κ1) is 79.1. The summed E-state index contributed by atoms with van der Waals surface area (Å²) in [5, 5.41) is 28.2. The first-order chi connectivity index (χ1) is 48.4. The van der Waals surface area contributed by atoms with Crippen LogP contribution in [-0.4, -0.2) is 158 Å². The zero-order valence-electron chi connectivity index (χ0n) is 58.4. The second-order valence-electron chi connectivity index (χ2n) is 24.6. The van der Waals surface area contributed by atoms with Crippen LogP contribution in [0.4, 0.5) is 39.8 Å². The van der Waals surface area contributed by atoms with Gasteiger partial charge in [0.05, 0.1) is 9.85 Å². The zero-order chi connectivity index (χ0) is 70.9. The molecule has 4 amide bonds. The van der Waals surface area contributed by atoms with Crippen LogP contribution in [-0.2, 0) is 27.0 Å². The molecule has 0 spiro atoms. The van der Waals surface area contributed by atoms with Gasteiger partial charge in [-0.3, -0.25) is 39.4 Å². The van der Waals surface area contributed by atoms with Gasteiger partial charge in [-0.25, -0.2) is 0 Å². The van der Waals surface area contributed by atoms with Crippen molar-refractivity contribution in [1.82, 2.24) is 24.9 Å². The van der Waals surface area contributed by atoms with Crippen molar-refractivity contribution >= 4 is 79.4 Å². The van der Waals surface area contributed by atoms with Crippen LogP contribution in [0.25, 0.3) is 0 Å². The van der Waals surface area contributed by atoms with Gasteiger partial charge < -0.3 is 58.1 Å². The molecule has 0 atom stereocenters. The van der Waals surface area contributed by atoms with Crippen LogP contribution < -0.4 is 31.1 Å². The van der Waals surface area contributed by atoms with Crippen molar-refractivity contribution in [3.63, 3.8) is 0 Å². The molecule has 0 unspecified atom stereocenters. The molecule has 0 aromatic heterocycles. The Bertz CT molecular complexity index is 4180. The Morgan fingerprint density at radius 1 is 0.412 bits per heavy atom. The van der Waals surface area contributed by atoms with Crippen molar-refractivity contribution in [3.05, 3.63) is 307 Å². The third kappa shape index (κ3) is 22.6. The second kappa shape index (κ2) is 39.7. The van der Waals surface area contributed by atoms with Crippen LogP contribution in [0.5, 0.6) is 0 Å². The number of amides is 4. The third-order valence-corrected chi connectivity index (χ3v) is 18.3. The number of halogens is 1. The van der Waals surface area contributed by atoms with Crippen molar-refractivity contribution in [2.75, 3.05) is 130 Å². The number of aryl methyl sites for hydroxylation is 4. The van der Waals surface area contributed by atoms with Gasteiger partial charge in [-0.2, -0.15) is 0 Å². The van der Waals surface area contributed by atoms with Crippen molar-refractivity contribution in [3.8, 4) is 0 Å². The molecule has 0 aliphatic carbocycles. The molecule has 0 bridgehead atoms. The number of nitrogen functional groups attached to an aromatic ring is 1. The molecule has 4 fully saturated rings. The number of hydrogen-bond donors (Lipinski definition) is 3. The summed E-state index contributed by atoms with van der Waals surface area (Å²) in [4.78, 5) is 84.5. The molecule has 9 aromatic carbocycles. The summed E-state index contributed by atoms with van der Waals surface area (Å²) in [5.74, 6) is 0.417. The minimum absolute atomic E-state index is 0. The summed E-state index contributed by atoms with van der Waals surface area (Å²) in [6, 6.07) is 71.2. The number of anilines is 5. The molecule has 0 saturated carbocycles. The summed E-state index contributed by atoms with van der Waals surface area (Å²) >= 11 is 3.16. The standard InChI is InChI=1S/C25H27N3O.C18H19N3O3.C18H21N3O.C11H14N2O.C7H6BrNO2.CH3.Pd/c1-20-12-13-23(18-24(20)26-19-21-8-4-2-5-9-21)27-14-16-28(17-15-27)25(29)22-10-6-3-7-11-22;1-14-7-8-16(13-17(14)21(23)24)19-9-11-20(12-10-19)18(22)15-5-3-2-4-6-15;1-14-7-8-16(13-17(14)19)20-9-11-21(12-10-20)18(22)15-5-3-2-4-6-15;14-11(10-4-2-1-3-5-10)13-8-6-12-7-9-13;1-5-2-3-6(8)4-7(5)9(10)11;;/h2-13,18,26H,14-17,19H2,1H3;2-8,13H,9-12H2,1H3;2-8,13H,9-12,19H2,1H3;1-5,12H,6-9H2;2-4H,1H3;1H3;/q;;;;;-1;. The molecule has 4 aliphatic rings. The Hall–Kier alpha value is -10.2. The quantitative estimate of drug-likeness (QED) is 0.0340. The van der Waals surface area contributed by atoms with Crippen molar-refractivity contribution < 1.29 is 49.4 Å². The first-order valence-electron chi connectivity index (χ1n) is 33.6. The maximum atomic E-state index is 12.7. The molecule has 13 rings (SSSR count). The molecule has 4 N–H and O–H groups in total. The maximum absolute atomic E-state index is 12.7. The third-order valence-electron chi connectivity index (χ3n) is 17.9. The zero-order valence-corrected chi connectivity index (χ0v) is 61.6. The van der Waals surface area contributed by atoms with Crippen LogP contribution >= 0.6 is 15.9 Å². The molecule has 102 heavy (non-hydrogen) atoms. The number of benzene rings is 9. The smallest absolute Gasteiger partial charge is 0.274 e.